The van der Waals surface area contributed by atoms with Gasteiger partial charge in [-0.05, 0) is 35.1 Å². The molecular formula is C24H24N2O5. The van der Waals surface area contributed by atoms with Gasteiger partial charge in [-0.3, -0.25) is 4.79 Å². The highest BCUT2D eigenvalue weighted by Gasteiger charge is 2.30. The zero-order chi connectivity index (χ0) is 21.8. The summed E-state index contributed by atoms with van der Waals surface area (Å²) in [6.07, 6.45) is 3.69. The molecule has 4 rings (SSSR count). The summed E-state index contributed by atoms with van der Waals surface area (Å²) in [5.41, 5.74) is 4.51. The van der Waals surface area contributed by atoms with Gasteiger partial charge in [0.05, 0.1) is 7.11 Å². The second-order valence-electron chi connectivity index (χ2n) is 7.54. The number of carbonyl (C=O) groups excluding carboxylic acids is 3. The van der Waals surface area contributed by atoms with E-state index in [0.717, 1.165) is 22.3 Å². The van der Waals surface area contributed by atoms with E-state index < -0.39 is 30.1 Å². The molecule has 0 radical (unpaired) electrons. The Hall–Kier alpha value is -3.61. The molecule has 0 saturated heterocycles. The smallest absolute Gasteiger partial charge is 0.408 e. The average Bonchev–Trinajstić information content (AvgIpc) is 3.10. The molecule has 7 nitrogen and oxygen atoms in total. The number of methoxy groups -OCH3 is 1. The summed E-state index contributed by atoms with van der Waals surface area (Å²) in [4.78, 5) is 36.7. The molecule has 2 aromatic carbocycles. The molecule has 7 heteroatoms. The number of nitrogens with one attached hydrogen (secondary N) is 2. The quantitative estimate of drug-likeness (QED) is 0.586. The zero-order valence-corrected chi connectivity index (χ0v) is 17.2. The maximum Gasteiger partial charge on any atom is 0.408 e. The van der Waals surface area contributed by atoms with Crippen molar-refractivity contribution in [3.8, 4) is 11.1 Å². The molecule has 0 fully saturated rings. The van der Waals surface area contributed by atoms with Gasteiger partial charge in [0.15, 0.2) is 0 Å². The fourth-order valence-electron chi connectivity index (χ4n) is 4.12. The number of carbonyl (C=O) groups is 3. The summed E-state index contributed by atoms with van der Waals surface area (Å²) < 4.78 is 10.2. The Kier molecular flexibility index (Phi) is 6.02. The van der Waals surface area contributed by atoms with Crippen LogP contribution in [0.2, 0.25) is 0 Å². The lowest BCUT2D eigenvalue weighted by atomic mass is 9.98. The van der Waals surface area contributed by atoms with Crippen LogP contribution < -0.4 is 10.6 Å². The van der Waals surface area contributed by atoms with E-state index in [-0.39, 0.29) is 12.5 Å². The Labute approximate surface area is 180 Å². The van der Waals surface area contributed by atoms with Gasteiger partial charge >= 0.3 is 12.1 Å². The highest BCUT2D eigenvalue weighted by molar-refractivity contribution is 5.91. The summed E-state index contributed by atoms with van der Waals surface area (Å²) in [6.45, 7) is 0.155. The molecule has 2 amide bonds. The number of hydrogen-bond acceptors (Lipinski definition) is 5. The predicted octanol–water partition coefficient (Wildman–Crippen LogP) is 2.90. The van der Waals surface area contributed by atoms with Crippen LogP contribution in [0, 0.1) is 0 Å². The Balaban J connectivity index is 1.41. The summed E-state index contributed by atoms with van der Waals surface area (Å²) in [5, 5.41) is 5.19. The number of amides is 2. The maximum atomic E-state index is 12.5. The largest absolute Gasteiger partial charge is 0.467 e. The van der Waals surface area contributed by atoms with Gasteiger partial charge in [-0.2, -0.15) is 0 Å². The van der Waals surface area contributed by atoms with E-state index in [1.165, 1.54) is 7.11 Å². The minimum Gasteiger partial charge on any atom is -0.467 e. The number of rotatable bonds is 4. The van der Waals surface area contributed by atoms with Crippen LogP contribution >= 0.6 is 0 Å². The molecule has 31 heavy (non-hydrogen) atoms. The first-order valence-electron chi connectivity index (χ1n) is 10.2. The molecule has 1 aliphatic heterocycles. The summed E-state index contributed by atoms with van der Waals surface area (Å²) in [6, 6.07) is 14.5. The van der Waals surface area contributed by atoms with E-state index in [1.54, 1.807) is 12.2 Å². The first-order chi connectivity index (χ1) is 15.1. The highest BCUT2D eigenvalue weighted by Crippen LogP contribution is 2.44. The van der Waals surface area contributed by atoms with Crippen molar-refractivity contribution in [1.82, 2.24) is 10.6 Å². The number of esters is 1. The summed E-state index contributed by atoms with van der Waals surface area (Å²) >= 11 is 0. The third kappa shape index (κ3) is 4.30. The number of ether oxygens (including phenoxy) is 2. The van der Waals surface area contributed by atoms with Crippen molar-refractivity contribution >= 4 is 18.0 Å². The van der Waals surface area contributed by atoms with Crippen molar-refractivity contribution in [2.24, 2.45) is 0 Å². The molecule has 0 saturated carbocycles. The lowest BCUT2D eigenvalue weighted by Crippen LogP contribution is -2.51. The van der Waals surface area contributed by atoms with Crippen LogP contribution in [0.1, 0.15) is 29.9 Å². The van der Waals surface area contributed by atoms with Gasteiger partial charge in [0.25, 0.3) is 0 Å². The standard InChI is InChI=1S/C24H24N2O5/c1-30-23(28)21-13-7-6-12-20(22(27)25-21)26-24(29)31-14-19-17-10-4-2-8-15(17)16-9-3-5-11-18(16)19/h2-6,8-12,19-21H,7,13-14H2,1H3,(H,25,27)(H,26,29)/b12-6-/t20-,21-/m0/s1. The van der Waals surface area contributed by atoms with Crippen molar-refractivity contribution in [3.05, 3.63) is 71.8 Å². The van der Waals surface area contributed by atoms with E-state index in [2.05, 4.69) is 22.8 Å². The molecule has 2 aromatic rings. The third-order valence-electron chi connectivity index (χ3n) is 5.65. The van der Waals surface area contributed by atoms with Crippen molar-refractivity contribution in [3.63, 3.8) is 0 Å². The molecule has 0 aromatic heterocycles. The first kappa shape index (κ1) is 20.7. The lowest BCUT2D eigenvalue weighted by Gasteiger charge is -2.22. The van der Waals surface area contributed by atoms with E-state index >= 15 is 0 Å². The lowest BCUT2D eigenvalue weighted by molar-refractivity contribution is -0.145. The molecule has 1 aliphatic carbocycles. The van der Waals surface area contributed by atoms with Crippen molar-refractivity contribution in [2.75, 3.05) is 13.7 Å². The van der Waals surface area contributed by atoms with Crippen LogP contribution in [0.15, 0.2) is 60.7 Å². The number of fused-ring (bicyclic) bond motifs is 3. The number of hydrogen-bond donors (Lipinski definition) is 2. The maximum absolute atomic E-state index is 12.5. The third-order valence-corrected chi connectivity index (χ3v) is 5.65. The predicted molar refractivity (Wildman–Crippen MR) is 114 cm³/mol. The monoisotopic (exact) mass is 420 g/mol. The average molecular weight is 420 g/mol. The zero-order valence-electron chi connectivity index (χ0n) is 17.2. The molecule has 2 N–H and O–H groups in total. The molecule has 1 heterocycles. The van der Waals surface area contributed by atoms with Gasteiger partial charge in [-0.25, -0.2) is 9.59 Å². The van der Waals surface area contributed by atoms with E-state index in [0.29, 0.717) is 12.8 Å². The van der Waals surface area contributed by atoms with Gasteiger partial charge in [0.1, 0.15) is 18.7 Å². The Morgan fingerprint density at radius 2 is 1.71 bits per heavy atom. The van der Waals surface area contributed by atoms with E-state index in [9.17, 15) is 14.4 Å². The minimum absolute atomic E-state index is 0.0662. The molecule has 2 atom stereocenters. The highest BCUT2D eigenvalue weighted by atomic mass is 16.5. The van der Waals surface area contributed by atoms with Gasteiger partial charge in [-0.1, -0.05) is 60.7 Å². The molecule has 0 unspecified atom stereocenters. The Morgan fingerprint density at radius 3 is 2.35 bits per heavy atom. The Morgan fingerprint density at radius 1 is 1.06 bits per heavy atom. The summed E-state index contributed by atoms with van der Waals surface area (Å²) in [5.74, 6) is -1.06. The van der Waals surface area contributed by atoms with Crippen molar-refractivity contribution < 1.29 is 23.9 Å². The summed E-state index contributed by atoms with van der Waals surface area (Å²) in [7, 11) is 1.27. The fraction of sp³-hybridized carbons (Fsp3) is 0.292. The van der Waals surface area contributed by atoms with Gasteiger partial charge < -0.3 is 20.1 Å². The van der Waals surface area contributed by atoms with Gasteiger partial charge in [0.2, 0.25) is 5.91 Å². The van der Waals surface area contributed by atoms with Gasteiger partial charge in [-0.15, -0.1) is 0 Å². The molecular weight excluding hydrogens is 396 g/mol. The second kappa shape index (κ2) is 9.04. The van der Waals surface area contributed by atoms with Gasteiger partial charge in [0, 0.05) is 5.92 Å². The van der Waals surface area contributed by atoms with Crippen LogP contribution in [0.4, 0.5) is 4.79 Å². The SMILES string of the molecule is COC(=O)[C@@H]1CC/C=C\[C@H](NC(=O)OCC2c3ccccc3-c3ccccc32)C(=O)N1. The molecule has 0 bridgehead atoms. The first-order valence-corrected chi connectivity index (χ1v) is 10.2. The number of alkyl carbamates (subject to hydrolysis) is 1. The second-order valence-corrected chi connectivity index (χ2v) is 7.54. The van der Waals surface area contributed by atoms with Crippen LogP contribution in [-0.2, 0) is 19.1 Å². The molecule has 0 spiro atoms. The van der Waals surface area contributed by atoms with E-state index in [1.807, 2.05) is 36.4 Å². The molecule has 160 valence electrons. The van der Waals surface area contributed by atoms with Crippen LogP contribution in [-0.4, -0.2) is 43.8 Å². The normalized spacial score (nSPS) is 21.0. The van der Waals surface area contributed by atoms with Crippen LogP contribution in [0.25, 0.3) is 11.1 Å². The van der Waals surface area contributed by atoms with Crippen LogP contribution in [0.3, 0.4) is 0 Å². The topological polar surface area (TPSA) is 93.7 Å². The number of benzene rings is 2. The Bertz CT molecular complexity index is 987. The minimum atomic E-state index is -0.928. The van der Waals surface area contributed by atoms with Crippen LogP contribution in [0.5, 0.6) is 0 Å². The van der Waals surface area contributed by atoms with E-state index in [4.69, 9.17) is 9.47 Å². The number of allylic oxidation sites excluding steroid dienone is 1. The van der Waals surface area contributed by atoms with Crippen molar-refractivity contribution in [2.45, 2.75) is 30.8 Å². The van der Waals surface area contributed by atoms with Crippen molar-refractivity contribution in [1.29, 1.82) is 0 Å². The molecule has 2 aliphatic rings. The fourth-order valence-corrected chi connectivity index (χ4v) is 4.12.